The molecule has 0 aromatic rings. The van der Waals surface area contributed by atoms with Crippen LogP contribution < -0.4 is 0 Å². The van der Waals surface area contributed by atoms with Gasteiger partial charge in [0, 0.05) is 0 Å². The van der Waals surface area contributed by atoms with Crippen molar-refractivity contribution in [3.05, 3.63) is 12.2 Å². The fourth-order valence-corrected chi connectivity index (χ4v) is 11.5. The topological polar surface area (TPSA) is 20.2 Å². The number of fused-ring (bicyclic) bond motifs is 7. The first-order chi connectivity index (χ1) is 14.3. The summed E-state index contributed by atoms with van der Waals surface area (Å²) < 4.78 is 0. The zero-order valence-electron chi connectivity index (χ0n) is 21.7. The molecule has 5 aliphatic rings. The van der Waals surface area contributed by atoms with Gasteiger partial charge in [0.2, 0.25) is 0 Å². The van der Waals surface area contributed by atoms with Crippen molar-refractivity contribution in [2.24, 2.45) is 56.7 Å². The molecule has 0 heterocycles. The first kappa shape index (κ1) is 22.5. The number of allylic oxidation sites excluding steroid dienone is 1. The quantitative estimate of drug-likeness (QED) is 0.421. The molecule has 1 heteroatoms. The van der Waals surface area contributed by atoms with E-state index in [0.717, 1.165) is 30.1 Å². The summed E-state index contributed by atoms with van der Waals surface area (Å²) in [6, 6.07) is 0. The minimum Gasteiger partial charge on any atom is -0.393 e. The molecule has 10 atom stereocenters. The van der Waals surface area contributed by atoms with E-state index in [1.807, 2.05) is 0 Å². The maximum Gasteiger partial charge on any atom is 0.0594 e. The van der Waals surface area contributed by atoms with Crippen molar-refractivity contribution in [3.63, 3.8) is 0 Å². The van der Waals surface area contributed by atoms with Crippen LogP contribution in [0.5, 0.6) is 0 Å². The number of hydrogen-bond donors (Lipinski definition) is 1. The Labute approximate surface area is 192 Å². The molecule has 5 aliphatic carbocycles. The summed E-state index contributed by atoms with van der Waals surface area (Å²) in [5.74, 6) is 3.98. The first-order valence-corrected chi connectivity index (χ1v) is 13.6. The Bertz CT molecular complexity index is 766. The van der Waals surface area contributed by atoms with E-state index in [1.54, 1.807) is 0 Å². The molecule has 0 aromatic heterocycles. The maximum absolute atomic E-state index is 10.9. The third kappa shape index (κ3) is 2.65. The van der Waals surface area contributed by atoms with Gasteiger partial charge >= 0.3 is 0 Å². The highest BCUT2D eigenvalue weighted by molar-refractivity contribution is 5.21. The van der Waals surface area contributed by atoms with E-state index in [-0.39, 0.29) is 11.5 Å². The summed E-state index contributed by atoms with van der Waals surface area (Å²) in [5.41, 5.74) is 3.38. The number of rotatable bonds is 1. The molecule has 176 valence electrons. The summed E-state index contributed by atoms with van der Waals surface area (Å²) in [7, 11) is 0. The Balaban J connectivity index is 1.54. The third-order valence-corrected chi connectivity index (χ3v) is 13.5. The van der Waals surface area contributed by atoms with Gasteiger partial charge in [0.25, 0.3) is 0 Å². The van der Waals surface area contributed by atoms with Gasteiger partial charge in [-0.15, -0.1) is 0 Å². The van der Waals surface area contributed by atoms with Gasteiger partial charge < -0.3 is 5.11 Å². The molecule has 5 saturated carbocycles. The molecule has 1 N–H and O–H groups in total. The summed E-state index contributed by atoms with van der Waals surface area (Å²) in [6.45, 7) is 22.3. The second-order valence-electron chi connectivity index (χ2n) is 14.7. The minimum atomic E-state index is -0.118. The number of aliphatic hydroxyl groups is 1. The van der Waals surface area contributed by atoms with E-state index < -0.39 is 0 Å². The molecule has 0 saturated heterocycles. The Hall–Kier alpha value is -0.300. The first-order valence-electron chi connectivity index (χ1n) is 13.6. The number of aliphatic hydroxyl groups excluding tert-OH is 1. The van der Waals surface area contributed by atoms with Gasteiger partial charge in [-0.3, -0.25) is 0 Å². The monoisotopic (exact) mass is 426 g/mol. The summed E-state index contributed by atoms with van der Waals surface area (Å²) in [6.07, 6.45) is 13.4. The van der Waals surface area contributed by atoms with Crippen molar-refractivity contribution >= 4 is 0 Å². The fraction of sp³-hybridized carbons (Fsp3) is 0.933. The highest BCUT2D eigenvalue weighted by Crippen LogP contribution is 2.77. The van der Waals surface area contributed by atoms with Gasteiger partial charge in [0.15, 0.2) is 0 Å². The van der Waals surface area contributed by atoms with Gasteiger partial charge in [-0.1, -0.05) is 53.7 Å². The van der Waals surface area contributed by atoms with Crippen molar-refractivity contribution in [1.29, 1.82) is 0 Å². The summed E-state index contributed by atoms with van der Waals surface area (Å²) in [5, 5.41) is 10.9. The SMILES string of the molecule is C=C(C)[C@@H]1CC[C@]2(C)CC[C@]3(C)[C@H](CC[C@H]4[C@@]5(C)CC[C@@H](O)C(C)(C)[C@@H]5CC[C@]43C)[C@@H]12. The van der Waals surface area contributed by atoms with Gasteiger partial charge in [0.05, 0.1) is 6.10 Å². The minimum absolute atomic E-state index is 0.0632. The van der Waals surface area contributed by atoms with Gasteiger partial charge in [-0.25, -0.2) is 0 Å². The average Bonchev–Trinajstić information content (AvgIpc) is 3.04. The van der Waals surface area contributed by atoms with Gasteiger partial charge in [-0.05, 0) is 128 Å². The molecular formula is C30H50O. The Kier molecular flexibility index (Phi) is 4.82. The molecule has 1 nitrogen and oxygen atoms in total. The predicted octanol–water partition coefficient (Wildman–Crippen LogP) is 8.02. The number of hydrogen-bond acceptors (Lipinski definition) is 1. The molecule has 5 fully saturated rings. The smallest absolute Gasteiger partial charge is 0.0594 e. The van der Waals surface area contributed by atoms with Crippen LogP contribution in [0.3, 0.4) is 0 Å². The molecule has 0 amide bonds. The van der Waals surface area contributed by atoms with Crippen LogP contribution in [-0.4, -0.2) is 11.2 Å². The lowest BCUT2D eigenvalue weighted by molar-refractivity contribution is -0.246. The van der Waals surface area contributed by atoms with E-state index >= 15 is 0 Å². The standard InChI is InChI=1S/C30H50O/c1-19(2)20-11-14-27(5)17-18-29(7)21(25(20)27)9-10-23-28(6)15-13-24(31)26(3,4)22(28)12-16-30(23,29)8/h20-25,31H,1,9-18H2,2-8H3/t20-,21+,22-,23-,24+,25+,27+,28-,29+,30+/m0/s1. The van der Waals surface area contributed by atoms with Crippen LogP contribution in [-0.2, 0) is 0 Å². The highest BCUT2D eigenvalue weighted by atomic mass is 16.3. The lowest BCUT2D eigenvalue weighted by atomic mass is 9.32. The lowest BCUT2D eigenvalue weighted by Gasteiger charge is -2.73. The normalized spacial score (nSPS) is 57.9. The lowest BCUT2D eigenvalue weighted by Crippen LogP contribution is -2.66. The van der Waals surface area contributed by atoms with Gasteiger partial charge in [0.1, 0.15) is 0 Å². The second kappa shape index (κ2) is 6.64. The van der Waals surface area contributed by atoms with Crippen LogP contribution >= 0.6 is 0 Å². The molecule has 0 aromatic carbocycles. The molecule has 0 spiro atoms. The van der Waals surface area contributed by atoms with Crippen LogP contribution in [0.2, 0.25) is 0 Å². The Morgan fingerprint density at radius 2 is 1.45 bits per heavy atom. The Morgan fingerprint density at radius 1 is 0.742 bits per heavy atom. The summed E-state index contributed by atoms with van der Waals surface area (Å²) >= 11 is 0. The molecule has 0 radical (unpaired) electrons. The largest absolute Gasteiger partial charge is 0.393 e. The van der Waals surface area contributed by atoms with Crippen LogP contribution in [0, 0.1) is 56.7 Å². The van der Waals surface area contributed by atoms with Crippen LogP contribution in [0.25, 0.3) is 0 Å². The van der Waals surface area contributed by atoms with Crippen LogP contribution in [0.15, 0.2) is 12.2 Å². The van der Waals surface area contributed by atoms with E-state index in [4.69, 9.17) is 0 Å². The fourth-order valence-electron chi connectivity index (χ4n) is 11.5. The van der Waals surface area contributed by atoms with Crippen molar-refractivity contribution in [2.45, 2.75) is 119 Å². The zero-order valence-corrected chi connectivity index (χ0v) is 21.7. The van der Waals surface area contributed by atoms with E-state index in [0.29, 0.717) is 27.6 Å². The van der Waals surface area contributed by atoms with Crippen molar-refractivity contribution in [2.75, 3.05) is 0 Å². The second-order valence-corrected chi connectivity index (χ2v) is 14.7. The van der Waals surface area contributed by atoms with E-state index in [1.165, 1.54) is 63.4 Å². The predicted molar refractivity (Wildman–Crippen MR) is 131 cm³/mol. The molecule has 0 bridgehead atoms. The zero-order chi connectivity index (χ0) is 22.6. The summed E-state index contributed by atoms with van der Waals surface area (Å²) in [4.78, 5) is 0. The van der Waals surface area contributed by atoms with Crippen molar-refractivity contribution < 1.29 is 5.11 Å². The third-order valence-electron chi connectivity index (χ3n) is 13.5. The van der Waals surface area contributed by atoms with Gasteiger partial charge in [-0.2, -0.15) is 0 Å². The van der Waals surface area contributed by atoms with Crippen molar-refractivity contribution in [1.82, 2.24) is 0 Å². The Morgan fingerprint density at radius 3 is 2.13 bits per heavy atom. The van der Waals surface area contributed by atoms with E-state index in [2.05, 4.69) is 55.0 Å². The molecular weight excluding hydrogens is 376 g/mol. The maximum atomic E-state index is 10.9. The molecule has 5 rings (SSSR count). The van der Waals surface area contributed by atoms with Crippen LogP contribution in [0.1, 0.15) is 113 Å². The van der Waals surface area contributed by atoms with Crippen molar-refractivity contribution in [3.8, 4) is 0 Å². The highest BCUT2D eigenvalue weighted by Gasteiger charge is 2.70. The van der Waals surface area contributed by atoms with Crippen LogP contribution in [0.4, 0.5) is 0 Å². The average molecular weight is 427 g/mol. The molecule has 31 heavy (non-hydrogen) atoms. The molecule has 0 unspecified atom stereocenters. The van der Waals surface area contributed by atoms with E-state index in [9.17, 15) is 5.11 Å². The molecule has 0 aliphatic heterocycles.